The van der Waals surface area contributed by atoms with Gasteiger partial charge in [0.1, 0.15) is 0 Å². The van der Waals surface area contributed by atoms with E-state index in [1.807, 2.05) is 6.08 Å². The molecule has 1 unspecified atom stereocenters. The van der Waals surface area contributed by atoms with Gasteiger partial charge in [0.15, 0.2) is 0 Å². The number of hydrogen-bond acceptors (Lipinski definition) is 2. The summed E-state index contributed by atoms with van der Waals surface area (Å²) < 4.78 is 0. The lowest BCUT2D eigenvalue weighted by atomic mass is 10.00. The highest BCUT2D eigenvalue weighted by Gasteiger charge is 2.10. The molecule has 1 atom stereocenters. The van der Waals surface area contributed by atoms with E-state index >= 15 is 0 Å². The van der Waals surface area contributed by atoms with E-state index in [2.05, 4.69) is 13.2 Å². The molecule has 3 nitrogen and oxygen atoms in total. The van der Waals surface area contributed by atoms with Crippen LogP contribution in [0.25, 0.3) is 0 Å². The fourth-order valence-electron chi connectivity index (χ4n) is 1.14. The lowest BCUT2D eigenvalue weighted by Gasteiger charge is -2.08. The van der Waals surface area contributed by atoms with E-state index in [1.54, 1.807) is 12.2 Å². The average Bonchev–Trinajstić information content (AvgIpc) is 2.15. The summed E-state index contributed by atoms with van der Waals surface area (Å²) in [7, 11) is 0. The van der Waals surface area contributed by atoms with Gasteiger partial charge in [-0.05, 0) is 12.8 Å². The van der Waals surface area contributed by atoms with Gasteiger partial charge in [-0.3, -0.25) is 4.79 Å². The molecule has 0 radical (unpaired) electrons. The summed E-state index contributed by atoms with van der Waals surface area (Å²) in [5, 5.41) is 0. The number of carbonyl (C=O) groups excluding carboxylic acids is 1. The van der Waals surface area contributed by atoms with Crippen molar-refractivity contribution < 1.29 is 4.79 Å². The lowest BCUT2D eigenvalue weighted by Crippen LogP contribution is -2.22. The Morgan fingerprint density at radius 1 is 1.36 bits per heavy atom. The van der Waals surface area contributed by atoms with Gasteiger partial charge < -0.3 is 11.5 Å². The molecule has 1 amide bonds. The fraction of sp³-hybridized carbons (Fsp3) is 0.364. The van der Waals surface area contributed by atoms with Crippen molar-refractivity contribution in [2.24, 2.45) is 17.4 Å². The van der Waals surface area contributed by atoms with Gasteiger partial charge in [-0.2, -0.15) is 0 Å². The fourth-order valence-corrected chi connectivity index (χ4v) is 1.14. The molecule has 0 aliphatic carbocycles. The van der Waals surface area contributed by atoms with Gasteiger partial charge in [-0.1, -0.05) is 23.8 Å². The van der Waals surface area contributed by atoms with Crippen LogP contribution in [0, 0.1) is 5.92 Å². The molecule has 0 aromatic carbocycles. The third-order valence-corrected chi connectivity index (χ3v) is 1.89. The third-order valence-electron chi connectivity index (χ3n) is 1.89. The molecule has 0 saturated carbocycles. The molecule has 78 valence electrons. The van der Waals surface area contributed by atoms with Crippen LogP contribution in [-0.2, 0) is 4.79 Å². The molecule has 0 bridgehead atoms. The van der Waals surface area contributed by atoms with Crippen LogP contribution in [0.5, 0.6) is 0 Å². The molecule has 0 fully saturated rings. The van der Waals surface area contributed by atoms with Crippen molar-refractivity contribution in [3.8, 4) is 0 Å². The van der Waals surface area contributed by atoms with Crippen molar-refractivity contribution >= 4 is 5.91 Å². The minimum Gasteiger partial charge on any atom is -0.369 e. The molecule has 0 aliphatic heterocycles. The van der Waals surface area contributed by atoms with Crippen molar-refractivity contribution in [1.82, 2.24) is 0 Å². The van der Waals surface area contributed by atoms with E-state index in [9.17, 15) is 4.79 Å². The Balaban J connectivity index is 4.55. The summed E-state index contributed by atoms with van der Waals surface area (Å²) in [6.07, 6.45) is 6.48. The summed E-state index contributed by atoms with van der Waals surface area (Å²) in [5.74, 6) is -0.647. The van der Waals surface area contributed by atoms with Gasteiger partial charge in [-0.15, -0.1) is 13.2 Å². The van der Waals surface area contributed by atoms with Crippen molar-refractivity contribution in [3.05, 3.63) is 37.0 Å². The van der Waals surface area contributed by atoms with Gasteiger partial charge >= 0.3 is 0 Å². The molecule has 4 N–H and O–H groups in total. The first kappa shape index (κ1) is 12.7. The maximum Gasteiger partial charge on any atom is 0.224 e. The lowest BCUT2D eigenvalue weighted by molar-refractivity contribution is -0.120. The zero-order valence-electron chi connectivity index (χ0n) is 8.41. The van der Waals surface area contributed by atoms with Crippen LogP contribution in [0.2, 0.25) is 0 Å². The van der Waals surface area contributed by atoms with Crippen molar-refractivity contribution in [1.29, 1.82) is 0 Å². The molecule has 0 aromatic rings. The van der Waals surface area contributed by atoms with Gasteiger partial charge in [0.25, 0.3) is 0 Å². The highest BCUT2D eigenvalue weighted by Crippen LogP contribution is 2.10. The molecule has 0 spiro atoms. The minimum atomic E-state index is -0.347. The summed E-state index contributed by atoms with van der Waals surface area (Å²) in [6, 6.07) is 0. The smallest absolute Gasteiger partial charge is 0.224 e. The Kier molecular flexibility index (Phi) is 6.41. The minimum absolute atomic E-state index is 0.300. The van der Waals surface area contributed by atoms with E-state index in [1.165, 1.54) is 0 Å². The van der Waals surface area contributed by atoms with Crippen LogP contribution in [0.3, 0.4) is 0 Å². The number of amides is 1. The van der Waals surface area contributed by atoms with Gasteiger partial charge in [0, 0.05) is 6.54 Å². The van der Waals surface area contributed by atoms with Crippen LogP contribution < -0.4 is 11.5 Å². The van der Waals surface area contributed by atoms with Gasteiger partial charge in [-0.25, -0.2) is 0 Å². The van der Waals surface area contributed by atoms with Crippen LogP contribution in [0.4, 0.5) is 0 Å². The van der Waals surface area contributed by atoms with Crippen LogP contribution in [0.15, 0.2) is 37.0 Å². The number of allylic oxidation sites excluding steroid dienone is 2. The predicted octanol–water partition coefficient (Wildman–Crippen LogP) is 1.13. The maximum absolute atomic E-state index is 11.0. The van der Waals surface area contributed by atoms with Crippen LogP contribution >= 0.6 is 0 Å². The second-order valence-electron chi connectivity index (χ2n) is 3.06. The zero-order valence-corrected chi connectivity index (χ0v) is 8.41. The van der Waals surface area contributed by atoms with Gasteiger partial charge in [0.2, 0.25) is 5.91 Å². The Bertz CT molecular complexity index is 244. The predicted molar refractivity (Wildman–Crippen MR) is 59.4 cm³/mol. The number of carbonyl (C=O) groups is 1. The van der Waals surface area contributed by atoms with Crippen LogP contribution in [0.1, 0.15) is 12.8 Å². The summed E-state index contributed by atoms with van der Waals surface area (Å²) >= 11 is 0. The molecule has 0 aromatic heterocycles. The Labute approximate surface area is 85.2 Å². The number of rotatable bonds is 7. The quantitative estimate of drug-likeness (QED) is 0.596. The van der Waals surface area contributed by atoms with E-state index in [-0.39, 0.29) is 11.8 Å². The summed E-state index contributed by atoms with van der Waals surface area (Å²) in [5.41, 5.74) is 11.7. The standard InChI is InChI=1S/C11H18N2O/c1-3-5-9(8-12)7-10(6-4-2)11(13)14/h3-4,7,10H,1-2,5-6,8,12H2,(H2,13,14). The van der Waals surface area contributed by atoms with Crippen molar-refractivity contribution in [2.45, 2.75) is 12.8 Å². The molecule has 0 heterocycles. The molecule has 0 saturated heterocycles. The number of primary amides is 1. The van der Waals surface area contributed by atoms with E-state index in [4.69, 9.17) is 11.5 Å². The zero-order chi connectivity index (χ0) is 11.0. The second kappa shape index (κ2) is 7.09. The summed E-state index contributed by atoms with van der Waals surface area (Å²) in [6.45, 7) is 7.61. The van der Waals surface area contributed by atoms with Crippen molar-refractivity contribution in [3.63, 3.8) is 0 Å². The largest absolute Gasteiger partial charge is 0.369 e. The van der Waals surface area contributed by atoms with Crippen molar-refractivity contribution in [2.75, 3.05) is 6.54 Å². The van der Waals surface area contributed by atoms with Gasteiger partial charge in [0.05, 0.1) is 5.92 Å². The van der Waals surface area contributed by atoms with E-state index in [0.717, 1.165) is 5.57 Å². The first-order valence-corrected chi connectivity index (χ1v) is 4.56. The molecule has 14 heavy (non-hydrogen) atoms. The van der Waals surface area contributed by atoms with E-state index in [0.29, 0.717) is 19.4 Å². The first-order valence-electron chi connectivity index (χ1n) is 4.56. The molecule has 0 rings (SSSR count). The third kappa shape index (κ3) is 4.62. The SMILES string of the molecule is C=CCC(=CC(CC=C)C(N)=O)CN. The normalized spacial score (nSPS) is 13.4. The Morgan fingerprint density at radius 2 is 2.00 bits per heavy atom. The highest BCUT2D eigenvalue weighted by molar-refractivity contribution is 5.78. The summed E-state index contributed by atoms with van der Waals surface area (Å²) in [4.78, 5) is 11.0. The second-order valence-corrected chi connectivity index (χ2v) is 3.06. The average molecular weight is 194 g/mol. The molecule has 3 heteroatoms. The molecule has 0 aliphatic rings. The maximum atomic E-state index is 11.0. The molecular weight excluding hydrogens is 176 g/mol. The Morgan fingerprint density at radius 3 is 2.36 bits per heavy atom. The van der Waals surface area contributed by atoms with Crippen LogP contribution in [-0.4, -0.2) is 12.5 Å². The Hall–Kier alpha value is -1.35. The topological polar surface area (TPSA) is 69.1 Å². The highest BCUT2D eigenvalue weighted by atomic mass is 16.1. The first-order chi connectivity index (χ1) is 6.65. The molecular formula is C11H18N2O. The number of hydrogen-bond donors (Lipinski definition) is 2. The van der Waals surface area contributed by atoms with E-state index < -0.39 is 0 Å². The number of nitrogens with two attached hydrogens (primary N) is 2. The monoisotopic (exact) mass is 194 g/mol.